The van der Waals surface area contributed by atoms with Crippen LogP contribution in [-0.4, -0.2) is 29.1 Å². The van der Waals surface area contributed by atoms with Crippen LogP contribution >= 0.6 is 34.7 Å². The van der Waals surface area contributed by atoms with E-state index in [4.69, 9.17) is 16.3 Å². The summed E-state index contributed by atoms with van der Waals surface area (Å²) in [6.45, 7) is 1.45. The van der Waals surface area contributed by atoms with Gasteiger partial charge in [0, 0.05) is 17.3 Å². The van der Waals surface area contributed by atoms with Crippen LogP contribution < -0.4 is 10.1 Å². The molecule has 1 N–H and O–H groups in total. The molecule has 3 rings (SSSR count). The lowest BCUT2D eigenvalue weighted by atomic mass is 10.2. The molecule has 1 aromatic heterocycles. The van der Waals surface area contributed by atoms with Crippen LogP contribution in [0.4, 0.5) is 5.13 Å². The van der Waals surface area contributed by atoms with E-state index in [1.54, 1.807) is 23.1 Å². The van der Waals surface area contributed by atoms with Gasteiger partial charge < -0.3 is 10.1 Å². The molecule has 2 aromatic carbocycles. The van der Waals surface area contributed by atoms with E-state index >= 15 is 0 Å². The number of thioether (sulfide) groups is 1. The second kappa shape index (κ2) is 9.65. The highest BCUT2D eigenvalue weighted by atomic mass is 35.5. The van der Waals surface area contributed by atoms with Gasteiger partial charge in [-0.1, -0.05) is 71.1 Å². The predicted octanol–water partition coefficient (Wildman–Crippen LogP) is 5.02. The molecule has 0 atom stereocenters. The Hall–Kier alpha value is -1.76. The number of ether oxygens (including phenoxy) is 1. The summed E-state index contributed by atoms with van der Waals surface area (Å²) in [5, 5.41) is 13.2. The van der Waals surface area contributed by atoms with Gasteiger partial charge in [-0.15, -0.1) is 10.2 Å². The number of hydrogen-bond acceptors (Lipinski definition) is 6. The van der Waals surface area contributed by atoms with E-state index < -0.39 is 0 Å². The third kappa shape index (κ3) is 6.23. The second-order valence-electron chi connectivity index (χ2n) is 5.19. The van der Waals surface area contributed by atoms with Crippen molar-refractivity contribution in [3.63, 3.8) is 0 Å². The van der Waals surface area contributed by atoms with E-state index in [0.29, 0.717) is 11.6 Å². The van der Waals surface area contributed by atoms with Crippen molar-refractivity contribution in [2.24, 2.45) is 0 Å². The molecular formula is C18H18ClN3OS2. The van der Waals surface area contributed by atoms with Crippen LogP contribution in [0.5, 0.6) is 5.75 Å². The van der Waals surface area contributed by atoms with E-state index in [9.17, 15) is 0 Å². The Balaban J connectivity index is 1.35. The number of halogens is 1. The maximum Gasteiger partial charge on any atom is 0.206 e. The molecule has 0 aliphatic heterocycles. The molecule has 0 saturated heterocycles. The van der Waals surface area contributed by atoms with Crippen molar-refractivity contribution < 1.29 is 4.74 Å². The van der Waals surface area contributed by atoms with Crippen molar-refractivity contribution >= 4 is 39.8 Å². The summed E-state index contributed by atoms with van der Waals surface area (Å²) >= 11 is 9.14. The minimum absolute atomic E-state index is 0.599. The molecule has 0 bridgehead atoms. The van der Waals surface area contributed by atoms with Crippen molar-refractivity contribution in [2.75, 3.05) is 24.2 Å². The average Bonchev–Trinajstić information content (AvgIpc) is 3.08. The number of aromatic nitrogens is 2. The number of nitrogens with one attached hydrogen (secondary N) is 1. The molecule has 7 heteroatoms. The maximum absolute atomic E-state index is 5.93. The molecule has 0 aliphatic carbocycles. The monoisotopic (exact) mass is 391 g/mol. The van der Waals surface area contributed by atoms with Gasteiger partial charge >= 0.3 is 0 Å². The summed E-state index contributed by atoms with van der Waals surface area (Å²) in [7, 11) is 0. The fourth-order valence-corrected chi connectivity index (χ4v) is 3.99. The lowest BCUT2D eigenvalue weighted by Gasteiger charge is -2.04. The van der Waals surface area contributed by atoms with E-state index in [1.165, 1.54) is 5.56 Å². The smallest absolute Gasteiger partial charge is 0.206 e. The molecule has 25 heavy (non-hydrogen) atoms. The van der Waals surface area contributed by atoms with Crippen molar-refractivity contribution in [2.45, 2.75) is 10.8 Å². The Morgan fingerprint density at radius 1 is 1.08 bits per heavy atom. The third-order valence-electron chi connectivity index (χ3n) is 3.31. The molecule has 0 fully saturated rings. The zero-order chi connectivity index (χ0) is 17.3. The van der Waals surface area contributed by atoms with Crippen LogP contribution in [0, 0.1) is 0 Å². The Kier molecular flexibility index (Phi) is 6.97. The van der Waals surface area contributed by atoms with Crippen LogP contribution in [-0.2, 0) is 6.42 Å². The standard InChI is InChI=1S/C18H18ClN3OS2/c19-15-7-4-8-16(13-15)23-11-12-24-18-22-21-17(25-18)20-10-9-14-5-2-1-3-6-14/h1-8,13H,9-12H2,(H,20,21). The molecule has 0 aliphatic rings. The van der Waals surface area contributed by atoms with E-state index in [2.05, 4.69) is 39.8 Å². The van der Waals surface area contributed by atoms with Crippen LogP contribution in [0.3, 0.4) is 0 Å². The Morgan fingerprint density at radius 3 is 2.80 bits per heavy atom. The van der Waals surface area contributed by atoms with Crippen molar-refractivity contribution in [3.05, 3.63) is 65.2 Å². The van der Waals surface area contributed by atoms with Gasteiger partial charge in [-0.05, 0) is 30.2 Å². The zero-order valence-electron chi connectivity index (χ0n) is 13.5. The minimum atomic E-state index is 0.599. The summed E-state index contributed by atoms with van der Waals surface area (Å²) in [6, 6.07) is 17.8. The minimum Gasteiger partial charge on any atom is -0.493 e. The number of rotatable bonds is 9. The van der Waals surface area contributed by atoms with Gasteiger partial charge in [0.25, 0.3) is 0 Å². The first-order chi connectivity index (χ1) is 12.3. The summed E-state index contributed by atoms with van der Waals surface area (Å²) in [4.78, 5) is 0. The van der Waals surface area contributed by atoms with Gasteiger partial charge in [0.15, 0.2) is 4.34 Å². The van der Waals surface area contributed by atoms with Crippen LogP contribution in [0.15, 0.2) is 58.9 Å². The fourth-order valence-electron chi connectivity index (χ4n) is 2.14. The molecule has 1 heterocycles. The van der Waals surface area contributed by atoms with Gasteiger partial charge in [-0.2, -0.15) is 0 Å². The lowest BCUT2D eigenvalue weighted by Crippen LogP contribution is -2.04. The maximum atomic E-state index is 5.93. The molecule has 4 nitrogen and oxygen atoms in total. The SMILES string of the molecule is Clc1cccc(OCCSc2nnc(NCCc3ccccc3)s2)c1. The normalized spacial score (nSPS) is 10.6. The number of benzene rings is 2. The third-order valence-corrected chi connectivity index (χ3v) is 5.53. The van der Waals surface area contributed by atoms with Crippen molar-refractivity contribution in [3.8, 4) is 5.75 Å². The van der Waals surface area contributed by atoms with Crippen molar-refractivity contribution in [1.82, 2.24) is 10.2 Å². The topological polar surface area (TPSA) is 47.0 Å². The molecular weight excluding hydrogens is 374 g/mol. The first kappa shape index (κ1) is 18.0. The lowest BCUT2D eigenvalue weighted by molar-refractivity contribution is 0.344. The first-order valence-corrected chi connectivity index (χ1v) is 10.1. The van der Waals surface area contributed by atoms with Gasteiger partial charge in [-0.25, -0.2) is 0 Å². The van der Waals surface area contributed by atoms with Gasteiger partial charge in [0.05, 0.1) is 6.61 Å². The highest BCUT2D eigenvalue weighted by Crippen LogP contribution is 2.25. The quantitative estimate of drug-likeness (QED) is 0.410. The summed E-state index contributed by atoms with van der Waals surface area (Å²) < 4.78 is 6.61. The molecule has 0 unspecified atom stereocenters. The average molecular weight is 392 g/mol. The highest BCUT2D eigenvalue weighted by Gasteiger charge is 2.05. The summed E-state index contributed by atoms with van der Waals surface area (Å²) in [5.74, 6) is 1.60. The second-order valence-corrected chi connectivity index (χ2v) is 7.95. The zero-order valence-corrected chi connectivity index (χ0v) is 15.9. The van der Waals surface area contributed by atoms with Gasteiger partial charge in [0.2, 0.25) is 5.13 Å². The Morgan fingerprint density at radius 2 is 1.96 bits per heavy atom. The number of hydrogen-bond donors (Lipinski definition) is 1. The van der Waals surface area contributed by atoms with Crippen LogP contribution in [0.1, 0.15) is 5.56 Å². The van der Waals surface area contributed by atoms with E-state index in [0.717, 1.165) is 33.9 Å². The van der Waals surface area contributed by atoms with Crippen LogP contribution in [0.2, 0.25) is 5.02 Å². The Labute approximate surface area is 160 Å². The fraction of sp³-hybridized carbons (Fsp3) is 0.222. The van der Waals surface area contributed by atoms with Gasteiger partial charge in [-0.3, -0.25) is 0 Å². The summed E-state index contributed by atoms with van der Waals surface area (Å²) in [5.41, 5.74) is 1.31. The number of anilines is 1. The molecule has 0 spiro atoms. The molecule has 130 valence electrons. The molecule has 0 radical (unpaired) electrons. The molecule has 0 saturated carbocycles. The predicted molar refractivity (Wildman–Crippen MR) is 106 cm³/mol. The molecule has 0 amide bonds. The highest BCUT2D eigenvalue weighted by molar-refractivity contribution is 8.01. The Bertz CT molecular complexity index is 783. The van der Waals surface area contributed by atoms with Gasteiger partial charge in [0.1, 0.15) is 5.75 Å². The van der Waals surface area contributed by atoms with Crippen LogP contribution in [0.25, 0.3) is 0 Å². The van der Waals surface area contributed by atoms with E-state index in [-0.39, 0.29) is 0 Å². The summed E-state index contributed by atoms with van der Waals surface area (Å²) in [6.07, 6.45) is 0.969. The largest absolute Gasteiger partial charge is 0.493 e. The van der Waals surface area contributed by atoms with Crippen molar-refractivity contribution in [1.29, 1.82) is 0 Å². The molecule has 3 aromatic rings. The number of nitrogens with zero attached hydrogens (tertiary/aromatic N) is 2. The first-order valence-electron chi connectivity index (χ1n) is 7.92. The van der Waals surface area contributed by atoms with E-state index in [1.807, 2.05) is 30.3 Å².